The molecular formula is C15H24N2O4. The number of hydrogen-bond acceptors (Lipinski definition) is 6. The van der Waals surface area contributed by atoms with E-state index in [0.29, 0.717) is 31.1 Å². The summed E-state index contributed by atoms with van der Waals surface area (Å²) >= 11 is 0. The quantitative estimate of drug-likeness (QED) is 0.411. The lowest BCUT2D eigenvalue weighted by Gasteiger charge is -2.12. The Morgan fingerprint density at radius 2 is 2.00 bits per heavy atom. The molecule has 6 nitrogen and oxygen atoms in total. The van der Waals surface area contributed by atoms with E-state index < -0.39 is 5.97 Å². The molecule has 6 heteroatoms. The van der Waals surface area contributed by atoms with E-state index in [1.54, 1.807) is 13.2 Å². The van der Waals surface area contributed by atoms with E-state index >= 15 is 0 Å². The van der Waals surface area contributed by atoms with Crippen LogP contribution in [0.15, 0.2) is 12.1 Å². The van der Waals surface area contributed by atoms with Crippen molar-refractivity contribution in [3.05, 3.63) is 23.3 Å². The molecule has 0 aliphatic carbocycles. The fourth-order valence-corrected chi connectivity index (χ4v) is 1.83. The Morgan fingerprint density at radius 1 is 1.24 bits per heavy atom. The number of benzene rings is 1. The van der Waals surface area contributed by atoms with Gasteiger partial charge < -0.3 is 25.3 Å². The number of esters is 1. The van der Waals surface area contributed by atoms with E-state index in [0.717, 1.165) is 24.2 Å². The Bertz CT molecular complexity index is 463. The van der Waals surface area contributed by atoms with Crippen LogP contribution in [0.3, 0.4) is 0 Å². The van der Waals surface area contributed by atoms with Crippen molar-refractivity contribution in [2.75, 3.05) is 51.6 Å². The van der Waals surface area contributed by atoms with E-state index in [1.165, 1.54) is 7.11 Å². The van der Waals surface area contributed by atoms with Crippen LogP contribution in [0.2, 0.25) is 0 Å². The Hall–Kier alpha value is -1.79. The number of anilines is 2. The Kier molecular flexibility index (Phi) is 7.56. The van der Waals surface area contributed by atoms with Crippen LogP contribution in [0.5, 0.6) is 0 Å². The van der Waals surface area contributed by atoms with Gasteiger partial charge in [-0.1, -0.05) is 0 Å². The molecule has 0 aromatic heterocycles. The zero-order valence-corrected chi connectivity index (χ0v) is 12.9. The highest BCUT2D eigenvalue weighted by Crippen LogP contribution is 2.23. The van der Waals surface area contributed by atoms with Crippen LogP contribution in [-0.2, 0) is 14.2 Å². The Balaban J connectivity index is 2.48. The highest BCUT2D eigenvalue weighted by molar-refractivity contribution is 5.97. The van der Waals surface area contributed by atoms with Gasteiger partial charge in [-0.3, -0.25) is 0 Å². The lowest BCUT2D eigenvalue weighted by Crippen LogP contribution is -2.11. The third-order valence-corrected chi connectivity index (χ3v) is 3.02. The van der Waals surface area contributed by atoms with Crippen LogP contribution in [0.4, 0.5) is 11.4 Å². The van der Waals surface area contributed by atoms with Crippen LogP contribution in [0.25, 0.3) is 0 Å². The van der Waals surface area contributed by atoms with Gasteiger partial charge in [-0.15, -0.1) is 0 Å². The number of nitrogen functional groups attached to an aromatic ring is 1. The van der Waals surface area contributed by atoms with Gasteiger partial charge in [0.25, 0.3) is 0 Å². The minimum absolute atomic E-state index is 0.386. The third kappa shape index (κ3) is 5.61. The summed E-state index contributed by atoms with van der Waals surface area (Å²) in [6, 6.07) is 3.62. The number of hydrogen-bond donors (Lipinski definition) is 2. The van der Waals surface area contributed by atoms with Gasteiger partial charge >= 0.3 is 5.97 Å². The van der Waals surface area contributed by atoms with Crippen LogP contribution in [0.1, 0.15) is 22.3 Å². The first-order valence-corrected chi connectivity index (χ1v) is 6.89. The predicted molar refractivity (Wildman–Crippen MR) is 82.7 cm³/mol. The average molecular weight is 296 g/mol. The van der Waals surface area contributed by atoms with E-state index in [9.17, 15) is 4.79 Å². The smallest absolute Gasteiger partial charge is 0.340 e. The monoisotopic (exact) mass is 296 g/mol. The molecule has 0 unspecified atom stereocenters. The van der Waals surface area contributed by atoms with Crippen molar-refractivity contribution < 1.29 is 19.0 Å². The summed E-state index contributed by atoms with van der Waals surface area (Å²) in [5, 5.41) is 3.25. The molecule has 0 amide bonds. The molecule has 0 saturated heterocycles. The molecule has 0 bridgehead atoms. The molecule has 0 fully saturated rings. The Labute approximate surface area is 125 Å². The van der Waals surface area contributed by atoms with Crippen molar-refractivity contribution in [1.29, 1.82) is 0 Å². The number of carbonyl (C=O) groups is 1. The number of nitrogens with one attached hydrogen (secondary N) is 1. The Morgan fingerprint density at radius 3 is 2.67 bits per heavy atom. The molecule has 0 saturated carbocycles. The van der Waals surface area contributed by atoms with E-state index in [1.807, 2.05) is 13.0 Å². The molecule has 1 rings (SSSR count). The van der Waals surface area contributed by atoms with Crippen molar-refractivity contribution >= 4 is 17.3 Å². The fraction of sp³-hybridized carbons (Fsp3) is 0.533. The lowest BCUT2D eigenvalue weighted by molar-refractivity contribution is 0.0602. The minimum atomic E-state index is -0.429. The summed E-state index contributed by atoms with van der Waals surface area (Å²) in [5.74, 6) is -0.429. The molecule has 0 atom stereocenters. The zero-order chi connectivity index (χ0) is 15.7. The summed E-state index contributed by atoms with van der Waals surface area (Å²) in [6.45, 7) is 4.48. The van der Waals surface area contributed by atoms with Crippen LogP contribution in [0, 0.1) is 6.92 Å². The van der Waals surface area contributed by atoms with E-state index in [2.05, 4.69) is 5.32 Å². The molecule has 0 aliphatic heterocycles. The van der Waals surface area contributed by atoms with Gasteiger partial charge in [-0.25, -0.2) is 4.79 Å². The highest BCUT2D eigenvalue weighted by Gasteiger charge is 2.13. The number of carbonyl (C=O) groups excluding carboxylic acids is 1. The maximum Gasteiger partial charge on any atom is 0.340 e. The van der Waals surface area contributed by atoms with Crippen LogP contribution < -0.4 is 11.1 Å². The lowest BCUT2D eigenvalue weighted by atomic mass is 10.1. The average Bonchev–Trinajstić information content (AvgIpc) is 2.48. The first kappa shape index (κ1) is 17.3. The van der Waals surface area contributed by atoms with Crippen molar-refractivity contribution in [3.8, 4) is 0 Å². The second-order valence-corrected chi connectivity index (χ2v) is 4.63. The molecule has 118 valence electrons. The number of rotatable bonds is 9. The van der Waals surface area contributed by atoms with Gasteiger partial charge in [0, 0.05) is 31.6 Å². The summed E-state index contributed by atoms with van der Waals surface area (Å²) in [6.07, 6.45) is 0.862. The molecule has 0 aliphatic rings. The third-order valence-electron chi connectivity index (χ3n) is 3.02. The summed E-state index contributed by atoms with van der Waals surface area (Å²) < 4.78 is 15.0. The first-order valence-electron chi connectivity index (χ1n) is 6.89. The molecule has 0 radical (unpaired) electrons. The molecule has 1 aromatic carbocycles. The van der Waals surface area contributed by atoms with Gasteiger partial charge in [0.05, 0.1) is 25.9 Å². The van der Waals surface area contributed by atoms with E-state index in [4.69, 9.17) is 19.9 Å². The molecule has 0 spiro atoms. The van der Waals surface area contributed by atoms with Gasteiger partial charge in [-0.05, 0) is 31.0 Å². The van der Waals surface area contributed by atoms with Crippen molar-refractivity contribution in [2.45, 2.75) is 13.3 Å². The van der Waals surface area contributed by atoms with Gasteiger partial charge in [-0.2, -0.15) is 0 Å². The number of ether oxygens (including phenoxy) is 3. The predicted octanol–water partition coefficient (Wildman–Crippen LogP) is 1.83. The van der Waals surface area contributed by atoms with Gasteiger partial charge in [0.2, 0.25) is 0 Å². The van der Waals surface area contributed by atoms with Crippen LogP contribution in [-0.4, -0.2) is 46.6 Å². The minimum Gasteiger partial charge on any atom is -0.465 e. The van der Waals surface area contributed by atoms with E-state index in [-0.39, 0.29) is 0 Å². The summed E-state index contributed by atoms with van der Waals surface area (Å²) in [5.41, 5.74) is 8.42. The summed E-state index contributed by atoms with van der Waals surface area (Å²) in [4.78, 5) is 11.7. The SMILES string of the molecule is COCCOCCCNc1cc(C)c(N)c(C(=O)OC)c1. The standard InChI is InChI=1S/C15H24N2O4/c1-11-9-12(10-13(14(11)16)15(18)20-3)17-5-4-6-21-8-7-19-2/h9-10,17H,4-8,16H2,1-3H3. The molecule has 1 aromatic rings. The molecule has 21 heavy (non-hydrogen) atoms. The zero-order valence-electron chi connectivity index (χ0n) is 12.9. The molecular weight excluding hydrogens is 272 g/mol. The second-order valence-electron chi connectivity index (χ2n) is 4.63. The first-order chi connectivity index (χ1) is 10.1. The number of methoxy groups -OCH3 is 2. The maximum atomic E-state index is 11.7. The maximum absolute atomic E-state index is 11.7. The van der Waals surface area contributed by atoms with Gasteiger partial charge in [0.15, 0.2) is 0 Å². The topological polar surface area (TPSA) is 82.8 Å². The highest BCUT2D eigenvalue weighted by atomic mass is 16.5. The van der Waals surface area contributed by atoms with Crippen LogP contribution >= 0.6 is 0 Å². The normalized spacial score (nSPS) is 10.4. The molecule has 3 N–H and O–H groups in total. The van der Waals surface area contributed by atoms with Crippen molar-refractivity contribution in [3.63, 3.8) is 0 Å². The largest absolute Gasteiger partial charge is 0.465 e. The molecule has 0 heterocycles. The van der Waals surface area contributed by atoms with Crippen molar-refractivity contribution in [1.82, 2.24) is 0 Å². The second kappa shape index (κ2) is 9.20. The number of nitrogens with two attached hydrogens (primary N) is 1. The summed E-state index contributed by atoms with van der Waals surface area (Å²) in [7, 11) is 2.99. The van der Waals surface area contributed by atoms with Crippen molar-refractivity contribution in [2.24, 2.45) is 0 Å². The number of aryl methyl sites for hydroxylation is 1. The fourth-order valence-electron chi connectivity index (χ4n) is 1.83. The van der Waals surface area contributed by atoms with Gasteiger partial charge in [0.1, 0.15) is 0 Å².